The molecule has 1 saturated heterocycles. The molecule has 1 N–H and O–H groups in total. The van der Waals surface area contributed by atoms with Gasteiger partial charge in [0.2, 0.25) is 0 Å². The molecule has 2 aliphatic heterocycles. The van der Waals surface area contributed by atoms with Gasteiger partial charge in [-0.2, -0.15) is 0 Å². The lowest BCUT2D eigenvalue weighted by atomic mass is 9.95. The van der Waals surface area contributed by atoms with E-state index in [2.05, 4.69) is 4.98 Å². The Morgan fingerprint density at radius 3 is 2.53 bits per heavy atom. The monoisotopic (exact) mass is 549 g/mol. The fourth-order valence-corrected chi connectivity index (χ4v) is 5.73. The number of nitro benzene ring substituents is 1. The second-order valence-corrected chi connectivity index (χ2v) is 9.93. The van der Waals surface area contributed by atoms with E-state index in [-0.39, 0.29) is 22.0 Å². The first kappa shape index (κ1) is 23.9. The van der Waals surface area contributed by atoms with Gasteiger partial charge in [-0.05, 0) is 54.1 Å². The van der Waals surface area contributed by atoms with E-state index in [0.717, 1.165) is 11.3 Å². The molecule has 0 spiro atoms. The minimum absolute atomic E-state index is 0.160. The number of anilines is 1. The number of rotatable bonds is 4. The molecular weight excluding hydrogens is 534 g/mol. The molecule has 10 nitrogen and oxygen atoms in total. The molecule has 1 aromatic heterocycles. The molecule has 1 amide bonds. The number of Topliss-reactive ketones (excluding diaryl/α,β-unsaturated/α-hetero) is 1. The van der Waals surface area contributed by atoms with E-state index in [1.807, 2.05) is 0 Å². The zero-order chi connectivity index (χ0) is 26.6. The summed E-state index contributed by atoms with van der Waals surface area (Å²) < 4.78 is 11.8. The highest BCUT2D eigenvalue weighted by Gasteiger charge is 2.48. The Bertz CT molecular complexity index is 1680. The predicted octanol–water partition coefficient (Wildman–Crippen LogP) is 5.26. The van der Waals surface area contributed by atoms with Crippen molar-refractivity contribution < 1.29 is 29.1 Å². The van der Waals surface area contributed by atoms with Gasteiger partial charge in [0.15, 0.2) is 16.6 Å². The van der Waals surface area contributed by atoms with Gasteiger partial charge in [0, 0.05) is 22.7 Å². The number of carbonyl (C=O) groups is 2. The molecule has 0 radical (unpaired) electrons. The van der Waals surface area contributed by atoms with Crippen molar-refractivity contribution in [1.29, 1.82) is 0 Å². The zero-order valence-corrected chi connectivity index (χ0v) is 20.9. The molecule has 1 fully saturated rings. The van der Waals surface area contributed by atoms with Crippen LogP contribution < -0.4 is 14.4 Å². The number of ketones is 1. The zero-order valence-electron chi connectivity index (χ0n) is 19.3. The molecule has 6 rings (SSSR count). The minimum atomic E-state index is -1.10. The quantitative estimate of drug-likeness (QED) is 0.120. The van der Waals surface area contributed by atoms with Crippen molar-refractivity contribution >= 4 is 61.4 Å². The maximum absolute atomic E-state index is 13.4. The lowest BCUT2D eigenvalue weighted by Crippen LogP contribution is -2.29. The van der Waals surface area contributed by atoms with Crippen molar-refractivity contribution in [2.75, 3.05) is 18.1 Å². The second kappa shape index (κ2) is 9.12. The third kappa shape index (κ3) is 3.92. The summed E-state index contributed by atoms with van der Waals surface area (Å²) in [5.74, 6) is -1.34. The Labute approximate surface area is 223 Å². The number of aliphatic hydroxyl groups is 1. The third-order valence-corrected chi connectivity index (χ3v) is 7.48. The number of hydrogen-bond donors (Lipinski definition) is 1. The number of amides is 1. The minimum Gasteiger partial charge on any atom is -0.507 e. The summed E-state index contributed by atoms with van der Waals surface area (Å²) in [6.07, 6.45) is 0. The largest absolute Gasteiger partial charge is 0.507 e. The van der Waals surface area contributed by atoms with Crippen LogP contribution in [0.3, 0.4) is 0 Å². The van der Waals surface area contributed by atoms with Crippen LogP contribution >= 0.6 is 22.9 Å². The number of halogens is 1. The first-order valence-corrected chi connectivity index (χ1v) is 12.5. The average Bonchev–Trinajstić information content (AvgIpc) is 3.45. The van der Waals surface area contributed by atoms with Crippen LogP contribution in [0.25, 0.3) is 16.0 Å². The smallest absolute Gasteiger partial charge is 0.301 e. The van der Waals surface area contributed by atoms with Crippen LogP contribution in [-0.4, -0.2) is 39.9 Å². The van der Waals surface area contributed by atoms with E-state index in [1.54, 1.807) is 30.3 Å². The van der Waals surface area contributed by atoms with Gasteiger partial charge in [-0.1, -0.05) is 22.9 Å². The Hall–Kier alpha value is -4.48. The van der Waals surface area contributed by atoms with Crippen molar-refractivity contribution in [3.8, 4) is 11.5 Å². The number of aromatic nitrogens is 1. The average molecular weight is 550 g/mol. The van der Waals surface area contributed by atoms with Gasteiger partial charge < -0.3 is 14.6 Å². The highest BCUT2D eigenvalue weighted by molar-refractivity contribution is 7.22. The lowest BCUT2D eigenvalue weighted by molar-refractivity contribution is -0.384. The van der Waals surface area contributed by atoms with Gasteiger partial charge in [-0.25, -0.2) is 4.98 Å². The van der Waals surface area contributed by atoms with Crippen molar-refractivity contribution in [2.24, 2.45) is 0 Å². The van der Waals surface area contributed by atoms with Crippen LogP contribution in [0.5, 0.6) is 11.5 Å². The topological polar surface area (TPSA) is 132 Å². The SMILES string of the molecule is O=C1C(=O)N(c2nc3ccc(Cl)cc3s2)[C@H](c2ccc([N+](=O)[O-])cc2)/C1=C(\O)c1ccc2c(c1)OCCO2. The lowest BCUT2D eigenvalue weighted by Gasteiger charge is -2.23. The van der Waals surface area contributed by atoms with Gasteiger partial charge in [0.1, 0.15) is 19.0 Å². The summed E-state index contributed by atoms with van der Waals surface area (Å²) in [5, 5.41) is 23.3. The van der Waals surface area contributed by atoms with Crippen molar-refractivity contribution in [2.45, 2.75) is 6.04 Å². The van der Waals surface area contributed by atoms with E-state index < -0.39 is 28.4 Å². The first-order chi connectivity index (χ1) is 18.3. The number of carbonyl (C=O) groups excluding carboxylic acids is 2. The number of nitro groups is 1. The fraction of sp³-hybridized carbons (Fsp3) is 0.115. The molecule has 4 aromatic rings. The maximum atomic E-state index is 13.4. The third-order valence-electron chi connectivity index (χ3n) is 6.22. The Balaban J connectivity index is 1.53. The second-order valence-electron chi connectivity index (χ2n) is 8.48. The number of non-ortho nitro benzene ring substituents is 1. The summed E-state index contributed by atoms with van der Waals surface area (Å²) in [6, 6.07) is 14.1. The number of hydrogen-bond acceptors (Lipinski definition) is 9. The Kier molecular flexibility index (Phi) is 5.73. The number of aliphatic hydroxyl groups excluding tert-OH is 1. The molecule has 0 aliphatic carbocycles. The fourth-order valence-electron chi connectivity index (χ4n) is 4.46. The van der Waals surface area contributed by atoms with Gasteiger partial charge in [0.05, 0.1) is 26.8 Å². The first-order valence-electron chi connectivity index (χ1n) is 11.3. The Morgan fingerprint density at radius 2 is 1.79 bits per heavy atom. The van der Waals surface area contributed by atoms with E-state index >= 15 is 0 Å². The van der Waals surface area contributed by atoms with Gasteiger partial charge in [-0.15, -0.1) is 0 Å². The van der Waals surface area contributed by atoms with Crippen LogP contribution in [0.15, 0.2) is 66.2 Å². The van der Waals surface area contributed by atoms with E-state index in [1.165, 1.54) is 35.2 Å². The molecule has 3 heterocycles. The summed E-state index contributed by atoms with van der Waals surface area (Å²) in [5.41, 5.74) is 0.858. The molecule has 0 saturated carbocycles. The molecule has 1 atom stereocenters. The van der Waals surface area contributed by atoms with Crippen LogP contribution in [0, 0.1) is 10.1 Å². The van der Waals surface area contributed by atoms with Crippen molar-refractivity contribution in [3.63, 3.8) is 0 Å². The van der Waals surface area contributed by atoms with Crippen LogP contribution in [-0.2, 0) is 9.59 Å². The molecule has 190 valence electrons. The number of thiazole rings is 1. The molecular formula is C26H16ClN3O7S. The summed E-state index contributed by atoms with van der Waals surface area (Å²) in [4.78, 5) is 43.2. The van der Waals surface area contributed by atoms with Crippen molar-refractivity contribution in [3.05, 3.63) is 92.5 Å². The number of fused-ring (bicyclic) bond motifs is 2. The predicted molar refractivity (Wildman–Crippen MR) is 140 cm³/mol. The van der Waals surface area contributed by atoms with Crippen molar-refractivity contribution in [1.82, 2.24) is 4.98 Å². The molecule has 2 aliphatic rings. The van der Waals surface area contributed by atoms with Crippen LogP contribution in [0.4, 0.5) is 10.8 Å². The highest BCUT2D eigenvalue weighted by Crippen LogP contribution is 2.45. The van der Waals surface area contributed by atoms with Gasteiger partial charge >= 0.3 is 5.91 Å². The standard InChI is InChI=1S/C26H16ClN3O7S/c27-15-4-7-17-20(12-15)38-26(28-17)29-22(13-1-5-16(6-2-13)30(34)35)21(24(32)25(29)33)23(31)14-3-8-18-19(11-14)37-10-9-36-18/h1-8,11-12,22,31H,9-10H2/b23-21+/t22-/m1/s1. The molecule has 0 bridgehead atoms. The molecule has 38 heavy (non-hydrogen) atoms. The normalized spacial score (nSPS) is 18.2. The van der Waals surface area contributed by atoms with E-state index in [4.69, 9.17) is 21.1 Å². The highest BCUT2D eigenvalue weighted by atomic mass is 35.5. The molecule has 0 unspecified atom stereocenters. The number of nitrogens with zero attached hydrogens (tertiary/aromatic N) is 3. The van der Waals surface area contributed by atoms with Gasteiger partial charge in [0.25, 0.3) is 11.5 Å². The van der Waals surface area contributed by atoms with Gasteiger partial charge in [-0.3, -0.25) is 24.6 Å². The maximum Gasteiger partial charge on any atom is 0.301 e. The Morgan fingerprint density at radius 1 is 1.05 bits per heavy atom. The summed E-state index contributed by atoms with van der Waals surface area (Å²) in [7, 11) is 0. The molecule has 3 aromatic carbocycles. The van der Waals surface area contributed by atoms with Crippen LogP contribution in [0.2, 0.25) is 5.02 Å². The summed E-state index contributed by atoms with van der Waals surface area (Å²) in [6.45, 7) is 0.711. The summed E-state index contributed by atoms with van der Waals surface area (Å²) >= 11 is 7.27. The number of benzene rings is 3. The van der Waals surface area contributed by atoms with Crippen LogP contribution in [0.1, 0.15) is 17.2 Å². The van der Waals surface area contributed by atoms with E-state index in [9.17, 15) is 24.8 Å². The van der Waals surface area contributed by atoms with E-state index in [0.29, 0.717) is 45.5 Å². The number of ether oxygens (including phenoxy) is 2. The molecule has 12 heteroatoms.